The molecule has 2 aromatic heterocycles. The Morgan fingerprint density at radius 1 is 0.645 bits per heavy atom. The summed E-state index contributed by atoms with van der Waals surface area (Å²) in [7, 11) is -19.7. The number of carbonyl (C=O) groups excluding carboxylic acids is 2. The van der Waals surface area contributed by atoms with E-state index in [9.17, 15) is 67.3 Å². The molecule has 0 radical (unpaired) electrons. The number of aromatic nitrogens is 2. The number of unbranched alkanes of at least 4 members (excludes halogenated alkanes) is 1. The smallest absolute Gasteiger partial charge is 0.425 e. The fraction of sp³-hybridized carbons (Fsp3) is 0.283. The van der Waals surface area contributed by atoms with E-state index in [2.05, 4.69) is 62.6 Å². The first-order valence-corrected chi connectivity index (χ1v) is 36.5. The molecule has 0 atom stereocenters. The molecule has 0 aliphatic carbocycles. The van der Waals surface area contributed by atoms with Gasteiger partial charge in [0.2, 0.25) is 17.7 Å². The predicted octanol–water partition coefficient (Wildman–Crippen LogP) is 12.2. The van der Waals surface area contributed by atoms with E-state index in [1.807, 2.05) is 0 Å². The zero-order valence-corrected chi connectivity index (χ0v) is 55.7. The van der Waals surface area contributed by atoms with Gasteiger partial charge in [-0.2, -0.15) is 49.2 Å². The van der Waals surface area contributed by atoms with Gasteiger partial charge in [0.05, 0.1) is 63.9 Å². The third-order valence-electron chi connectivity index (χ3n) is 11.7. The van der Waals surface area contributed by atoms with Crippen LogP contribution in [0.3, 0.4) is 0 Å². The fourth-order valence-electron chi connectivity index (χ4n) is 7.79. The van der Waals surface area contributed by atoms with Crippen LogP contribution < -0.4 is 15.4 Å². The molecule has 7 N–H and O–H groups in total. The molecule has 0 aliphatic heterocycles. The zero-order valence-electron chi connectivity index (χ0n) is 49.3. The average molecular weight is 1440 g/mol. The first-order valence-electron chi connectivity index (χ1n) is 26.4. The quantitative estimate of drug-likeness (QED) is 0.0115. The van der Waals surface area contributed by atoms with Crippen molar-refractivity contribution in [1.82, 2.24) is 9.38 Å². The molecular formula is C53H56ClN13O19S7. The molecule has 0 fully saturated rings. The van der Waals surface area contributed by atoms with E-state index in [-0.39, 0.29) is 123 Å². The number of aryl methyl sites for hydroxylation is 1. The second kappa shape index (κ2) is 34.1. The highest BCUT2D eigenvalue weighted by molar-refractivity contribution is 7.99. The largest absolute Gasteiger partial charge is 0.493 e. The van der Waals surface area contributed by atoms with E-state index in [0.717, 1.165) is 23.5 Å². The minimum atomic E-state index is -4.34. The maximum absolute atomic E-state index is 12.8. The van der Waals surface area contributed by atoms with E-state index in [1.54, 1.807) is 74.5 Å². The number of ether oxygens (including phenoxy) is 1. The van der Waals surface area contributed by atoms with Gasteiger partial charge in [0.1, 0.15) is 45.8 Å². The van der Waals surface area contributed by atoms with E-state index in [1.165, 1.54) is 42.5 Å². The van der Waals surface area contributed by atoms with Crippen LogP contribution >= 0.6 is 35.1 Å². The Bertz CT molecular complexity index is 4710. The maximum atomic E-state index is 12.8. The van der Waals surface area contributed by atoms with Gasteiger partial charge in [0, 0.05) is 40.3 Å². The number of hydrogen-bond acceptors (Lipinski definition) is 27. The minimum absolute atomic E-state index is 0.0157. The SMILES string of the molecule is CC(=O)Nc1cc(N=Nc2cc(SCCCS(=O)(=O)O)c(N=Nc3cc(OCCCCS(=O)(=O)O)c(N=Nc4c(C)c(C#N)c5nc6ccccc6n5c4O)cc3C)cc2NC(C)=O)c(SCCCS(=O)(=O)O)cc1N=Nc1ccc(Cl)cc1.CS(=O)(=O)O.O=S(=O)=O. The number of benzene rings is 5. The number of nitrogens with zero attached hydrogens (tertiary/aromatic N) is 11. The molecule has 496 valence electrons. The summed E-state index contributed by atoms with van der Waals surface area (Å²) in [6.45, 7) is 5.71. The highest BCUT2D eigenvalue weighted by atomic mass is 35.5. The molecule has 2 amide bonds. The van der Waals surface area contributed by atoms with Gasteiger partial charge in [0.25, 0.3) is 40.5 Å². The van der Waals surface area contributed by atoms with Crippen LogP contribution in [0.25, 0.3) is 16.7 Å². The lowest BCUT2D eigenvalue weighted by Crippen LogP contribution is -2.06. The predicted molar refractivity (Wildman–Crippen MR) is 346 cm³/mol. The third-order valence-corrected chi connectivity index (χ3v) is 16.6. The fourth-order valence-corrected chi connectivity index (χ4v) is 11.8. The topological polar surface area (TPSA) is 496 Å². The molecule has 2 heterocycles. The first-order chi connectivity index (χ1) is 43.5. The van der Waals surface area contributed by atoms with Crippen LogP contribution in [0.1, 0.15) is 56.2 Å². The Morgan fingerprint density at radius 3 is 1.60 bits per heavy atom. The molecule has 7 aromatic rings. The standard InChI is InChI=1S/C52H52ClN13O13S5.CH4O3S.O3S/c1-30-23-43(62-65-50-31(2)36(29-54)51-57-37-11-5-6-12-46(37)66(51)52(50)69)47(79-17-7-8-20-82(70,71)72)26-38(30)59-63-44-25-40(56-33(4)68)42(28-49(44)81-19-10-22-84(76,77)78)61-64-45-24-39(55-32(3)67)41(60-58-35-15-13-34(53)14-16-35)27-48(45)80-18-9-21-83(73,74)75;1-5(2,3)4;1-4(2)3/h5-6,11-16,23-28,69H,7-10,17-22H2,1-4H3,(H,55,67)(H,56,68)(H,70,71,72)(H,73,74,75)(H,76,77,78);1H3,(H,2,3,4);. The van der Waals surface area contributed by atoms with Gasteiger partial charge in [-0.05, 0) is 123 Å². The number of hydrogen-bond donors (Lipinski definition) is 7. The molecule has 0 bridgehead atoms. The lowest BCUT2D eigenvalue weighted by molar-refractivity contribution is -0.115. The van der Waals surface area contributed by atoms with Gasteiger partial charge < -0.3 is 20.5 Å². The van der Waals surface area contributed by atoms with Gasteiger partial charge in [-0.15, -0.1) is 66.8 Å². The first kappa shape index (κ1) is 75.4. The van der Waals surface area contributed by atoms with Crippen LogP contribution in [-0.4, -0.2) is 132 Å². The van der Waals surface area contributed by atoms with Gasteiger partial charge in [-0.3, -0.25) is 32.2 Å². The van der Waals surface area contributed by atoms with E-state index in [4.69, 9.17) is 33.5 Å². The van der Waals surface area contributed by atoms with Crippen LogP contribution in [0.2, 0.25) is 5.02 Å². The van der Waals surface area contributed by atoms with Crippen molar-refractivity contribution >= 4 is 172 Å². The van der Waals surface area contributed by atoms with Gasteiger partial charge >= 0.3 is 10.6 Å². The highest BCUT2D eigenvalue weighted by Crippen LogP contribution is 2.45. The van der Waals surface area contributed by atoms with Crippen molar-refractivity contribution < 1.29 is 83.9 Å². The van der Waals surface area contributed by atoms with Crippen molar-refractivity contribution in [2.24, 2.45) is 40.9 Å². The second-order valence-corrected chi connectivity index (χ2v) is 28.5. The number of halogens is 1. The monoisotopic (exact) mass is 1440 g/mol. The zero-order chi connectivity index (χ0) is 69.0. The van der Waals surface area contributed by atoms with E-state index < -0.39 is 80.2 Å². The van der Waals surface area contributed by atoms with Crippen LogP contribution in [0, 0.1) is 25.2 Å². The van der Waals surface area contributed by atoms with E-state index in [0.29, 0.717) is 43.4 Å². The van der Waals surface area contributed by atoms with Gasteiger partial charge in [-0.1, -0.05) is 23.7 Å². The molecule has 0 aliphatic rings. The van der Waals surface area contributed by atoms with Crippen molar-refractivity contribution in [1.29, 1.82) is 5.26 Å². The number of para-hydroxylation sites is 2. The number of carbonyl (C=O) groups is 2. The number of aromatic hydroxyl groups is 1. The van der Waals surface area contributed by atoms with Crippen molar-refractivity contribution in [3.63, 3.8) is 0 Å². The van der Waals surface area contributed by atoms with Crippen LogP contribution in [0.15, 0.2) is 136 Å². The number of thioether (sulfide) groups is 2. The lowest BCUT2D eigenvalue weighted by Gasteiger charge is -2.13. The van der Waals surface area contributed by atoms with Crippen molar-refractivity contribution in [2.45, 2.75) is 63.2 Å². The van der Waals surface area contributed by atoms with Crippen LogP contribution in [0.5, 0.6) is 11.6 Å². The number of nitriles is 1. The molecular weight excluding hydrogens is 1380 g/mol. The molecule has 0 unspecified atom stereocenters. The number of rotatable bonds is 26. The number of nitrogens with one attached hydrogen (secondary N) is 2. The molecule has 5 aromatic carbocycles. The molecule has 0 saturated heterocycles. The summed E-state index contributed by atoms with van der Waals surface area (Å²) < 4.78 is 156. The van der Waals surface area contributed by atoms with Gasteiger partial charge in [0.15, 0.2) is 11.3 Å². The minimum Gasteiger partial charge on any atom is -0.493 e. The van der Waals surface area contributed by atoms with Crippen molar-refractivity contribution in [3.05, 3.63) is 107 Å². The summed E-state index contributed by atoms with van der Waals surface area (Å²) in [5, 5.41) is 63.3. The molecule has 0 spiro atoms. The third kappa shape index (κ3) is 25.6. The van der Waals surface area contributed by atoms with Crippen LogP contribution in [-0.2, 0) is 60.7 Å². The summed E-state index contributed by atoms with van der Waals surface area (Å²) in [5.74, 6) is -2.65. The summed E-state index contributed by atoms with van der Waals surface area (Å²) in [5.41, 5.74) is 3.57. The lowest BCUT2D eigenvalue weighted by atomic mass is 10.1. The molecule has 0 saturated carbocycles. The summed E-state index contributed by atoms with van der Waals surface area (Å²) in [6, 6.07) is 24.5. The Hall–Kier alpha value is -8.27. The van der Waals surface area contributed by atoms with Crippen molar-refractivity contribution in [2.75, 3.05) is 52.3 Å². The average Bonchev–Trinajstić information content (AvgIpc) is 1.46. The number of azo groups is 4. The number of anilines is 2. The number of imidazole rings is 1. The van der Waals surface area contributed by atoms with Crippen LogP contribution in [0.4, 0.5) is 56.9 Å². The van der Waals surface area contributed by atoms with Crippen molar-refractivity contribution in [3.8, 4) is 17.7 Å². The number of pyridine rings is 1. The maximum Gasteiger partial charge on any atom is 0.425 e. The second-order valence-electron chi connectivity index (χ2n) is 19.2. The summed E-state index contributed by atoms with van der Waals surface area (Å²) >= 11 is 8.29. The summed E-state index contributed by atoms with van der Waals surface area (Å²) in [4.78, 5) is 30.6. The molecule has 32 nitrogen and oxygen atoms in total. The Kier molecular flexibility index (Phi) is 27.6. The Balaban J connectivity index is 0.00000163. The molecule has 93 heavy (non-hydrogen) atoms. The van der Waals surface area contributed by atoms with E-state index >= 15 is 0 Å². The number of fused-ring (bicyclic) bond motifs is 3. The molecule has 40 heteroatoms. The summed E-state index contributed by atoms with van der Waals surface area (Å²) in [6.07, 6.45) is 0.930. The highest BCUT2D eigenvalue weighted by Gasteiger charge is 2.22. The Morgan fingerprint density at radius 2 is 1.11 bits per heavy atom. The normalized spacial score (nSPS) is 12.1. The Labute approximate surface area is 547 Å². The number of amides is 2. The molecule has 7 rings (SSSR count). The van der Waals surface area contributed by atoms with Gasteiger partial charge in [-0.25, -0.2) is 4.98 Å².